The Bertz CT molecular complexity index is 494. The van der Waals surface area contributed by atoms with Gasteiger partial charge in [-0.15, -0.1) is 0 Å². The minimum absolute atomic E-state index is 0.0597. The van der Waals surface area contributed by atoms with Crippen LogP contribution in [-0.4, -0.2) is 11.5 Å². The molecule has 19 heavy (non-hydrogen) atoms. The second-order valence-corrected chi connectivity index (χ2v) is 4.70. The van der Waals surface area contributed by atoms with Gasteiger partial charge in [0.2, 0.25) is 0 Å². The Morgan fingerprint density at radius 2 is 2.11 bits per heavy atom. The molecule has 0 aliphatic rings. The van der Waals surface area contributed by atoms with Gasteiger partial charge < -0.3 is 5.32 Å². The molecule has 0 saturated heterocycles. The molecular weight excluding hydrogens is 239 g/mol. The lowest BCUT2D eigenvalue weighted by molar-refractivity contribution is 0.576. The SMILES string of the molecule is CCCNC(c1cccc(F)c1)c1cc(C)ccn1. The molecule has 0 saturated carbocycles. The Morgan fingerprint density at radius 3 is 2.79 bits per heavy atom. The number of halogens is 1. The lowest BCUT2D eigenvalue weighted by Gasteiger charge is -2.19. The maximum Gasteiger partial charge on any atom is 0.123 e. The van der Waals surface area contributed by atoms with E-state index in [0.717, 1.165) is 29.8 Å². The van der Waals surface area contributed by atoms with E-state index >= 15 is 0 Å². The van der Waals surface area contributed by atoms with E-state index in [1.165, 1.54) is 6.07 Å². The molecule has 0 aliphatic carbocycles. The average Bonchev–Trinajstić information content (AvgIpc) is 2.39. The molecule has 1 atom stereocenters. The average molecular weight is 258 g/mol. The van der Waals surface area contributed by atoms with Crippen LogP contribution in [0.2, 0.25) is 0 Å². The van der Waals surface area contributed by atoms with Crippen LogP contribution in [0, 0.1) is 12.7 Å². The van der Waals surface area contributed by atoms with Crippen molar-refractivity contribution in [2.45, 2.75) is 26.3 Å². The Labute approximate surface area is 113 Å². The number of benzene rings is 1. The minimum atomic E-state index is -0.214. The number of aryl methyl sites for hydroxylation is 1. The molecule has 0 bridgehead atoms. The molecule has 1 heterocycles. The largest absolute Gasteiger partial charge is 0.305 e. The molecule has 1 aromatic carbocycles. The Kier molecular flexibility index (Phi) is 4.63. The van der Waals surface area contributed by atoms with Gasteiger partial charge in [0.25, 0.3) is 0 Å². The van der Waals surface area contributed by atoms with E-state index in [-0.39, 0.29) is 11.9 Å². The molecule has 2 nitrogen and oxygen atoms in total. The van der Waals surface area contributed by atoms with Gasteiger partial charge >= 0.3 is 0 Å². The number of hydrogen-bond acceptors (Lipinski definition) is 2. The molecule has 3 heteroatoms. The fourth-order valence-corrected chi connectivity index (χ4v) is 2.09. The summed E-state index contributed by atoms with van der Waals surface area (Å²) < 4.78 is 13.4. The van der Waals surface area contributed by atoms with Gasteiger partial charge in [-0.2, -0.15) is 0 Å². The van der Waals surface area contributed by atoms with Crippen LogP contribution >= 0.6 is 0 Å². The van der Waals surface area contributed by atoms with Crippen LogP contribution in [0.5, 0.6) is 0 Å². The van der Waals surface area contributed by atoms with Crippen molar-refractivity contribution < 1.29 is 4.39 Å². The first-order valence-corrected chi connectivity index (χ1v) is 6.62. The molecule has 2 aromatic rings. The highest BCUT2D eigenvalue weighted by Gasteiger charge is 2.15. The Hall–Kier alpha value is -1.74. The van der Waals surface area contributed by atoms with E-state index < -0.39 is 0 Å². The van der Waals surface area contributed by atoms with Crippen LogP contribution in [0.25, 0.3) is 0 Å². The summed E-state index contributed by atoms with van der Waals surface area (Å²) in [4.78, 5) is 4.41. The summed E-state index contributed by atoms with van der Waals surface area (Å²) in [5.41, 5.74) is 3.00. The van der Waals surface area contributed by atoms with E-state index in [2.05, 4.69) is 17.2 Å². The molecule has 0 radical (unpaired) electrons. The van der Waals surface area contributed by atoms with Crippen molar-refractivity contribution in [2.24, 2.45) is 0 Å². The smallest absolute Gasteiger partial charge is 0.123 e. The zero-order chi connectivity index (χ0) is 13.7. The molecular formula is C16H19FN2. The summed E-state index contributed by atoms with van der Waals surface area (Å²) >= 11 is 0. The van der Waals surface area contributed by atoms with Crippen LogP contribution in [0.1, 0.15) is 36.2 Å². The summed E-state index contributed by atoms with van der Waals surface area (Å²) in [5.74, 6) is -0.214. The van der Waals surface area contributed by atoms with Gasteiger partial charge in [-0.25, -0.2) is 4.39 Å². The molecule has 0 amide bonds. The van der Waals surface area contributed by atoms with Gasteiger partial charge in [0, 0.05) is 6.20 Å². The molecule has 0 aliphatic heterocycles. The quantitative estimate of drug-likeness (QED) is 0.886. The molecule has 1 N–H and O–H groups in total. The third-order valence-corrected chi connectivity index (χ3v) is 3.01. The van der Waals surface area contributed by atoms with Crippen LogP contribution in [0.3, 0.4) is 0 Å². The second-order valence-electron chi connectivity index (χ2n) is 4.70. The van der Waals surface area contributed by atoms with Gasteiger partial charge in [-0.3, -0.25) is 4.98 Å². The zero-order valence-electron chi connectivity index (χ0n) is 11.4. The zero-order valence-corrected chi connectivity index (χ0v) is 11.4. The van der Waals surface area contributed by atoms with E-state index in [9.17, 15) is 4.39 Å². The van der Waals surface area contributed by atoms with E-state index in [0.29, 0.717) is 0 Å². The van der Waals surface area contributed by atoms with Crippen LogP contribution in [0.4, 0.5) is 4.39 Å². The van der Waals surface area contributed by atoms with Crippen molar-refractivity contribution in [2.75, 3.05) is 6.54 Å². The summed E-state index contributed by atoms with van der Waals surface area (Å²) in [5, 5.41) is 3.43. The lowest BCUT2D eigenvalue weighted by Crippen LogP contribution is -2.24. The third-order valence-electron chi connectivity index (χ3n) is 3.01. The van der Waals surface area contributed by atoms with Gasteiger partial charge in [0.1, 0.15) is 5.82 Å². The first-order valence-electron chi connectivity index (χ1n) is 6.62. The lowest BCUT2D eigenvalue weighted by atomic mass is 10.0. The van der Waals surface area contributed by atoms with E-state index in [1.54, 1.807) is 18.3 Å². The number of nitrogens with zero attached hydrogens (tertiary/aromatic N) is 1. The van der Waals surface area contributed by atoms with Gasteiger partial charge in [-0.1, -0.05) is 19.1 Å². The fourth-order valence-electron chi connectivity index (χ4n) is 2.09. The summed E-state index contributed by atoms with van der Waals surface area (Å²) in [6.45, 7) is 5.02. The van der Waals surface area contributed by atoms with Crippen molar-refractivity contribution in [3.05, 3.63) is 65.2 Å². The Balaban J connectivity index is 2.35. The molecule has 0 spiro atoms. The van der Waals surface area contributed by atoms with Crippen molar-refractivity contribution in [3.8, 4) is 0 Å². The number of hydrogen-bond donors (Lipinski definition) is 1. The van der Waals surface area contributed by atoms with Gasteiger partial charge in [-0.05, 0) is 55.3 Å². The monoisotopic (exact) mass is 258 g/mol. The first-order chi connectivity index (χ1) is 9.20. The molecule has 1 aromatic heterocycles. The fraction of sp³-hybridized carbons (Fsp3) is 0.312. The highest BCUT2D eigenvalue weighted by Crippen LogP contribution is 2.21. The number of rotatable bonds is 5. The predicted octanol–water partition coefficient (Wildman–Crippen LogP) is 3.62. The highest BCUT2D eigenvalue weighted by molar-refractivity contribution is 5.29. The second kappa shape index (κ2) is 6.43. The summed E-state index contributed by atoms with van der Waals surface area (Å²) in [6, 6.07) is 10.6. The molecule has 0 fully saturated rings. The van der Waals surface area contributed by atoms with E-state index in [1.807, 2.05) is 25.1 Å². The predicted molar refractivity (Wildman–Crippen MR) is 75.5 cm³/mol. The normalized spacial score (nSPS) is 12.4. The Morgan fingerprint density at radius 1 is 1.26 bits per heavy atom. The summed E-state index contributed by atoms with van der Waals surface area (Å²) in [6.07, 6.45) is 2.82. The minimum Gasteiger partial charge on any atom is -0.305 e. The van der Waals surface area contributed by atoms with E-state index in [4.69, 9.17) is 0 Å². The number of nitrogens with one attached hydrogen (secondary N) is 1. The van der Waals surface area contributed by atoms with Crippen molar-refractivity contribution in [1.82, 2.24) is 10.3 Å². The van der Waals surface area contributed by atoms with Gasteiger partial charge in [0.05, 0.1) is 11.7 Å². The number of pyridine rings is 1. The molecule has 1 unspecified atom stereocenters. The third kappa shape index (κ3) is 3.61. The highest BCUT2D eigenvalue weighted by atomic mass is 19.1. The maximum absolute atomic E-state index is 13.4. The maximum atomic E-state index is 13.4. The van der Waals surface area contributed by atoms with Crippen molar-refractivity contribution in [1.29, 1.82) is 0 Å². The van der Waals surface area contributed by atoms with Crippen LogP contribution in [0.15, 0.2) is 42.6 Å². The topological polar surface area (TPSA) is 24.9 Å². The van der Waals surface area contributed by atoms with Crippen LogP contribution < -0.4 is 5.32 Å². The van der Waals surface area contributed by atoms with Crippen molar-refractivity contribution in [3.63, 3.8) is 0 Å². The molecule has 100 valence electrons. The number of aromatic nitrogens is 1. The summed E-state index contributed by atoms with van der Waals surface area (Å²) in [7, 11) is 0. The standard InChI is InChI=1S/C16H19FN2/c1-3-8-19-16(13-5-4-6-14(17)11-13)15-10-12(2)7-9-18-15/h4-7,9-11,16,19H,3,8H2,1-2H3. The first kappa shape index (κ1) is 13.7. The van der Waals surface area contributed by atoms with Crippen LogP contribution in [-0.2, 0) is 0 Å². The van der Waals surface area contributed by atoms with Crippen molar-refractivity contribution >= 4 is 0 Å². The molecule has 2 rings (SSSR count). The van der Waals surface area contributed by atoms with Gasteiger partial charge in [0.15, 0.2) is 0 Å².